The van der Waals surface area contributed by atoms with Gasteiger partial charge in [0.05, 0.1) is 11.4 Å². The third kappa shape index (κ3) is 2.01. The standard InChI is InChI=1S/C12H12N2O2S/c13-9-5-11-12(16-3-2-15-11)6-10(9)14-8-1-4-17-7-8/h1,4-7,14H,2-3,13H2. The van der Waals surface area contributed by atoms with Crippen LogP contribution in [0.2, 0.25) is 0 Å². The molecule has 0 radical (unpaired) electrons. The molecule has 2 heterocycles. The van der Waals surface area contributed by atoms with Crippen molar-refractivity contribution < 1.29 is 9.47 Å². The zero-order valence-electron chi connectivity index (χ0n) is 9.10. The van der Waals surface area contributed by atoms with E-state index in [1.54, 1.807) is 17.4 Å². The molecule has 4 nitrogen and oxygen atoms in total. The molecule has 1 aliphatic rings. The lowest BCUT2D eigenvalue weighted by molar-refractivity contribution is 0.172. The average Bonchev–Trinajstić information content (AvgIpc) is 2.83. The van der Waals surface area contributed by atoms with Crippen molar-refractivity contribution in [3.63, 3.8) is 0 Å². The molecule has 2 aromatic rings. The van der Waals surface area contributed by atoms with Crippen LogP contribution in [0.3, 0.4) is 0 Å². The fourth-order valence-corrected chi connectivity index (χ4v) is 2.29. The molecule has 3 rings (SSSR count). The number of benzene rings is 1. The van der Waals surface area contributed by atoms with Gasteiger partial charge in [0.2, 0.25) is 0 Å². The van der Waals surface area contributed by atoms with Crippen LogP contribution in [0.15, 0.2) is 29.0 Å². The van der Waals surface area contributed by atoms with E-state index in [2.05, 4.69) is 5.32 Å². The van der Waals surface area contributed by atoms with Gasteiger partial charge in [-0.25, -0.2) is 0 Å². The third-order valence-corrected chi connectivity index (χ3v) is 3.20. The number of rotatable bonds is 2. The summed E-state index contributed by atoms with van der Waals surface area (Å²) in [6.07, 6.45) is 0. The molecule has 0 saturated heterocycles. The molecule has 0 unspecified atom stereocenters. The van der Waals surface area contributed by atoms with E-state index in [4.69, 9.17) is 15.2 Å². The number of anilines is 3. The Balaban J connectivity index is 1.94. The quantitative estimate of drug-likeness (QED) is 0.802. The Hall–Kier alpha value is -1.88. The average molecular weight is 248 g/mol. The first-order valence-electron chi connectivity index (χ1n) is 5.31. The van der Waals surface area contributed by atoms with Gasteiger partial charge in [0.25, 0.3) is 0 Å². The van der Waals surface area contributed by atoms with E-state index in [0.717, 1.165) is 17.1 Å². The predicted molar refractivity (Wildman–Crippen MR) is 69.4 cm³/mol. The lowest BCUT2D eigenvalue weighted by Crippen LogP contribution is -2.15. The Kier molecular flexibility index (Phi) is 2.53. The molecular formula is C12H12N2O2S. The fraction of sp³-hybridized carbons (Fsp3) is 0.167. The summed E-state index contributed by atoms with van der Waals surface area (Å²) in [4.78, 5) is 0. The SMILES string of the molecule is Nc1cc2c(cc1Nc1ccsc1)OCCO2. The first-order chi connectivity index (χ1) is 8.33. The van der Waals surface area contributed by atoms with E-state index in [1.165, 1.54) is 0 Å². The third-order valence-electron chi connectivity index (χ3n) is 2.51. The number of thiophene rings is 1. The predicted octanol–water partition coefficient (Wildman–Crippen LogP) is 2.85. The van der Waals surface area contributed by atoms with Gasteiger partial charge in [-0.3, -0.25) is 0 Å². The molecule has 0 saturated carbocycles. The molecule has 0 atom stereocenters. The molecule has 0 spiro atoms. The van der Waals surface area contributed by atoms with Crippen molar-refractivity contribution in [2.45, 2.75) is 0 Å². The zero-order chi connectivity index (χ0) is 11.7. The van der Waals surface area contributed by atoms with Crippen LogP contribution in [-0.2, 0) is 0 Å². The van der Waals surface area contributed by atoms with Crippen LogP contribution in [0.4, 0.5) is 17.1 Å². The topological polar surface area (TPSA) is 56.5 Å². The van der Waals surface area contributed by atoms with E-state index >= 15 is 0 Å². The van der Waals surface area contributed by atoms with Crippen LogP contribution in [0, 0.1) is 0 Å². The molecule has 0 amide bonds. The Bertz CT molecular complexity index is 526. The molecule has 1 aromatic heterocycles. The zero-order valence-corrected chi connectivity index (χ0v) is 9.92. The summed E-state index contributed by atoms with van der Waals surface area (Å²) in [5.74, 6) is 1.45. The fourth-order valence-electron chi connectivity index (χ4n) is 1.70. The lowest BCUT2D eigenvalue weighted by atomic mass is 10.2. The van der Waals surface area contributed by atoms with Crippen molar-refractivity contribution in [3.05, 3.63) is 29.0 Å². The van der Waals surface area contributed by atoms with Crippen LogP contribution in [0.25, 0.3) is 0 Å². The largest absolute Gasteiger partial charge is 0.486 e. The second-order valence-corrected chi connectivity index (χ2v) is 4.50. The van der Waals surface area contributed by atoms with Crippen LogP contribution in [0.1, 0.15) is 0 Å². The Morgan fingerprint density at radius 1 is 1.18 bits per heavy atom. The van der Waals surface area contributed by atoms with Gasteiger partial charge in [0, 0.05) is 23.2 Å². The number of fused-ring (bicyclic) bond motifs is 1. The molecule has 88 valence electrons. The smallest absolute Gasteiger partial charge is 0.163 e. The number of hydrogen-bond donors (Lipinski definition) is 2. The first-order valence-corrected chi connectivity index (χ1v) is 6.25. The van der Waals surface area contributed by atoms with Crippen molar-refractivity contribution in [3.8, 4) is 11.5 Å². The Morgan fingerprint density at radius 3 is 2.65 bits per heavy atom. The summed E-state index contributed by atoms with van der Waals surface area (Å²) in [6, 6.07) is 5.67. The van der Waals surface area contributed by atoms with Gasteiger partial charge in [0.1, 0.15) is 13.2 Å². The maximum Gasteiger partial charge on any atom is 0.163 e. The van der Waals surface area contributed by atoms with Crippen molar-refractivity contribution in [2.75, 3.05) is 24.3 Å². The van der Waals surface area contributed by atoms with Crippen LogP contribution in [0.5, 0.6) is 11.5 Å². The molecule has 1 aliphatic heterocycles. The Morgan fingerprint density at radius 2 is 1.94 bits per heavy atom. The van der Waals surface area contributed by atoms with Gasteiger partial charge in [-0.1, -0.05) is 0 Å². The molecule has 0 aliphatic carbocycles. The summed E-state index contributed by atoms with van der Waals surface area (Å²) in [7, 11) is 0. The second kappa shape index (κ2) is 4.18. The van der Waals surface area contributed by atoms with Crippen molar-refractivity contribution in [1.82, 2.24) is 0 Å². The number of nitrogens with two attached hydrogens (primary N) is 1. The molecule has 17 heavy (non-hydrogen) atoms. The second-order valence-electron chi connectivity index (χ2n) is 3.72. The van der Waals surface area contributed by atoms with E-state index in [9.17, 15) is 0 Å². The Labute approximate surface area is 103 Å². The van der Waals surface area contributed by atoms with E-state index in [-0.39, 0.29) is 0 Å². The van der Waals surface area contributed by atoms with Crippen LogP contribution < -0.4 is 20.5 Å². The monoisotopic (exact) mass is 248 g/mol. The molecular weight excluding hydrogens is 236 g/mol. The highest BCUT2D eigenvalue weighted by Gasteiger charge is 2.14. The number of hydrogen-bond acceptors (Lipinski definition) is 5. The highest BCUT2D eigenvalue weighted by molar-refractivity contribution is 7.08. The number of nitrogens with one attached hydrogen (secondary N) is 1. The van der Waals surface area contributed by atoms with Crippen LogP contribution >= 0.6 is 11.3 Å². The minimum atomic E-state index is 0.573. The molecule has 1 aromatic carbocycles. The normalized spacial score (nSPS) is 13.4. The minimum absolute atomic E-state index is 0.573. The number of ether oxygens (including phenoxy) is 2. The van der Waals surface area contributed by atoms with Gasteiger partial charge < -0.3 is 20.5 Å². The van der Waals surface area contributed by atoms with E-state index in [0.29, 0.717) is 24.7 Å². The van der Waals surface area contributed by atoms with Crippen LogP contribution in [-0.4, -0.2) is 13.2 Å². The lowest BCUT2D eigenvalue weighted by Gasteiger charge is -2.20. The first kappa shape index (κ1) is 10.3. The number of nitrogen functional groups attached to an aromatic ring is 1. The summed E-state index contributed by atoms with van der Waals surface area (Å²) in [5.41, 5.74) is 8.49. The molecule has 3 N–H and O–H groups in total. The molecule has 0 fully saturated rings. The van der Waals surface area contributed by atoms with Crippen molar-refractivity contribution >= 4 is 28.4 Å². The van der Waals surface area contributed by atoms with Gasteiger partial charge in [0.15, 0.2) is 11.5 Å². The van der Waals surface area contributed by atoms with E-state index in [1.807, 2.05) is 22.9 Å². The minimum Gasteiger partial charge on any atom is -0.486 e. The maximum absolute atomic E-state index is 5.97. The molecule has 0 bridgehead atoms. The van der Waals surface area contributed by atoms with Gasteiger partial charge >= 0.3 is 0 Å². The summed E-state index contributed by atoms with van der Waals surface area (Å²) in [5, 5.41) is 7.29. The van der Waals surface area contributed by atoms with Gasteiger partial charge in [-0.15, -0.1) is 0 Å². The maximum atomic E-state index is 5.97. The summed E-state index contributed by atoms with van der Waals surface area (Å²) in [6.45, 7) is 1.15. The summed E-state index contributed by atoms with van der Waals surface area (Å²) < 4.78 is 11.0. The highest BCUT2D eigenvalue weighted by atomic mass is 32.1. The highest BCUT2D eigenvalue weighted by Crippen LogP contribution is 2.38. The van der Waals surface area contributed by atoms with Crippen molar-refractivity contribution in [1.29, 1.82) is 0 Å². The van der Waals surface area contributed by atoms with Crippen molar-refractivity contribution in [2.24, 2.45) is 0 Å². The summed E-state index contributed by atoms with van der Waals surface area (Å²) >= 11 is 1.63. The van der Waals surface area contributed by atoms with Gasteiger partial charge in [-0.2, -0.15) is 11.3 Å². The van der Waals surface area contributed by atoms with E-state index < -0.39 is 0 Å². The molecule has 5 heteroatoms. The van der Waals surface area contributed by atoms with Gasteiger partial charge in [-0.05, 0) is 11.4 Å².